The van der Waals surface area contributed by atoms with Crippen molar-refractivity contribution in [2.24, 2.45) is 11.8 Å². The first-order chi connectivity index (χ1) is 6.84. The van der Waals surface area contributed by atoms with Crippen LogP contribution in [0, 0.1) is 11.8 Å². The Hall–Kier alpha value is -0.330. The summed E-state index contributed by atoms with van der Waals surface area (Å²) in [5.74, 6) is 0.958. The summed E-state index contributed by atoms with van der Waals surface area (Å²) in [4.78, 5) is 10.8. The van der Waals surface area contributed by atoms with Crippen molar-refractivity contribution in [3.8, 4) is 0 Å². The molecular weight excluding hydrogens is 172 g/mol. The fourth-order valence-electron chi connectivity index (χ4n) is 2.48. The summed E-state index contributed by atoms with van der Waals surface area (Å²) in [6, 6.07) is 0. The molecule has 1 atom stereocenters. The van der Waals surface area contributed by atoms with Gasteiger partial charge < -0.3 is 4.79 Å². The third-order valence-corrected chi connectivity index (χ3v) is 3.61. The lowest BCUT2D eigenvalue weighted by atomic mass is 9.84. The van der Waals surface area contributed by atoms with E-state index in [0.29, 0.717) is 5.92 Å². The fraction of sp³-hybridized carbons (Fsp3) is 0.923. The van der Waals surface area contributed by atoms with Crippen molar-refractivity contribution in [3.05, 3.63) is 0 Å². The molecule has 82 valence electrons. The molecule has 0 aromatic rings. The summed E-state index contributed by atoms with van der Waals surface area (Å²) in [7, 11) is 0. The lowest BCUT2D eigenvalue weighted by Gasteiger charge is -2.20. The molecule has 0 heterocycles. The molecule has 0 N–H and O–H groups in total. The lowest BCUT2D eigenvalue weighted by molar-refractivity contribution is -0.112. The van der Waals surface area contributed by atoms with Crippen molar-refractivity contribution in [1.29, 1.82) is 0 Å². The molecule has 0 aliphatic heterocycles. The van der Waals surface area contributed by atoms with Gasteiger partial charge in [0, 0.05) is 5.92 Å². The summed E-state index contributed by atoms with van der Waals surface area (Å²) >= 11 is 0. The minimum atomic E-state index is 0.287. The Balaban J connectivity index is 2.33. The maximum Gasteiger partial charge on any atom is 0.123 e. The van der Waals surface area contributed by atoms with E-state index < -0.39 is 0 Å². The molecule has 1 aliphatic rings. The molecule has 0 bridgehead atoms. The van der Waals surface area contributed by atoms with Crippen molar-refractivity contribution < 1.29 is 4.79 Å². The molecule has 1 aliphatic carbocycles. The van der Waals surface area contributed by atoms with Crippen molar-refractivity contribution in [3.63, 3.8) is 0 Å². The first-order valence-electron chi connectivity index (χ1n) is 6.30. The maximum absolute atomic E-state index is 10.8. The van der Waals surface area contributed by atoms with E-state index in [-0.39, 0.29) is 5.92 Å². The summed E-state index contributed by atoms with van der Waals surface area (Å²) < 4.78 is 0. The van der Waals surface area contributed by atoms with Crippen LogP contribution in [0.5, 0.6) is 0 Å². The van der Waals surface area contributed by atoms with Gasteiger partial charge in [0.05, 0.1) is 0 Å². The van der Waals surface area contributed by atoms with Crippen LogP contribution in [-0.2, 0) is 4.79 Å². The summed E-state index contributed by atoms with van der Waals surface area (Å²) in [6.45, 7) is 2.09. The van der Waals surface area contributed by atoms with Crippen LogP contribution in [0.15, 0.2) is 0 Å². The average molecular weight is 196 g/mol. The van der Waals surface area contributed by atoms with Gasteiger partial charge in [0.1, 0.15) is 6.29 Å². The highest BCUT2D eigenvalue weighted by Gasteiger charge is 2.16. The Labute approximate surface area is 88.3 Å². The normalized spacial score (nSPS) is 24.1. The van der Waals surface area contributed by atoms with Crippen LogP contribution in [0.3, 0.4) is 0 Å². The molecule has 0 aromatic carbocycles. The molecule has 1 heteroatoms. The molecule has 1 nitrogen and oxygen atoms in total. The number of rotatable bonds is 2. The van der Waals surface area contributed by atoms with Crippen LogP contribution in [0.1, 0.15) is 64.7 Å². The second-order valence-electron chi connectivity index (χ2n) is 4.81. The van der Waals surface area contributed by atoms with Crippen LogP contribution in [0.25, 0.3) is 0 Å². The predicted molar refractivity (Wildman–Crippen MR) is 60.3 cm³/mol. The monoisotopic (exact) mass is 196 g/mol. The van der Waals surface area contributed by atoms with Gasteiger partial charge in [0.2, 0.25) is 0 Å². The zero-order valence-electron chi connectivity index (χ0n) is 9.50. The molecule has 1 rings (SSSR count). The van der Waals surface area contributed by atoms with Crippen LogP contribution in [-0.4, -0.2) is 6.29 Å². The Morgan fingerprint density at radius 3 is 1.79 bits per heavy atom. The van der Waals surface area contributed by atoms with E-state index in [1.807, 2.05) is 0 Å². The van der Waals surface area contributed by atoms with Crippen molar-refractivity contribution in [1.82, 2.24) is 0 Å². The molecule has 0 spiro atoms. The van der Waals surface area contributed by atoms with E-state index in [4.69, 9.17) is 0 Å². The number of aldehydes is 1. The van der Waals surface area contributed by atoms with E-state index in [2.05, 4.69) is 6.92 Å². The highest BCUT2D eigenvalue weighted by molar-refractivity contribution is 5.53. The van der Waals surface area contributed by atoms with Crippen LogP contribution in [0.4, 0.5) is 0 Å². The van der Waals surface area contributed by atoms with E-state index in [1.54, 1.807) is 0 Å². The first kappa shape index (κ1) is 11.7. The minimum Gasteiger partial charge on any atom is -0.303 e. The predicted octanol–water partition coefficient (Wildman–Crippen LogP) is 3.96. The average Bonchev–Trinajstić information content (AvgIpc) is 2.24. The van der Waals surface area contributed by atoms with Crippen molar-refractivity contribution >= 4 is 6.29 Å². The zero-order chi connectivity index (χ0) is 10.2. The molecule has 0 saturated heterocycles. The molecule has 0 aromatic heterocycles. The van der Waals surface area contributed by atoms with E-state index in [9.17, 15) is 4.79 Å². The number of hydrogen-bond donors (Lipinski definition) is 0. The van der Waals surface area contributed by atoms with Gasteiger partial charge in [-0.2, -0.15) is 0 Å². The Kier molecular flexibility index (Phi) is 5.89. The molecule has 14 heavy (non-hydrogen) atoms. The highest BCUT2D eigenvalue weighted by Crippen LogP contribution is 2.26. The summed E-state index contributed by atoms with van der Waals surface area (Å²) in [6.07, 6.45) is 13.4. The van der Waals surface area contributed by atoms with E-state index in [1.165, 1.54) is 57.8 Å². The highest BCUT2D eigenvalue weighted by atomic mass is 16.1. The third kappa shape index (κ3) is 4.26. The smallest absolute Gasteiger partial charge is 0.123 e. The van der Waals surface area contributed by atoms with E-state index in [0.717, 1.165) is 6.29 Å². The number of hydrogen-bond acceptors (Lipinski definition) is 1. The van der Waals surface area contributed by atoms with Crippen LogP contribution < -0.4 is 0 Å². The Bertz CT molecular complexity index is 143. The molecular formula is C13H24O. The second-order valence-corrected chi connectivity index (χ2v) is 4.81. The van der Waals surface area contributed by atoms with Gasteiger partial charge in [-0.05, 0) is 18.8 Å². The van der Waals surface area contributed by atoms with Gasteiger partial charge in [0.25, 0.3) is 0 Å². The molecule has 0 radical (unpaired) electrons. The van der Waals surface area contributed by atoms with Gasteiger partial charge in [-0.15, -0.1) is 0 Å². The van der Waals surface area contributed by atoms with Gasteiger partial charge in [-0.3, -0.25) is 0 Å². The van der Waals surface area contributed by atoms with E-state index >= 15 is 0 Å². The first-order valence-corrected chi connectivity index (χ1v) is 6.30. The standard InChI is InChI=1S/C13H24O/c1-12(11-14)13-9-7-5-3-2-4-6-8-10-13/h11-13H,2-10H2,1H3. The van der Waals surface area contributed by atoms with Gasteiger partial charge in [-0.25, -0.2) is 0 Å². The van der Waals surface area contributed by atoms with Crippen molar-refractivity contribution in [2.45, 2.75) is 64.7 Å². The topological polar surface area (TPSA) is 17.1 Å². The summed E-state index contributed by atoms with van der Waals surface area (Å²) in [5.41, 5.74) is 0. The van der Waals surface area contributed by atoms with Crippen LogP contribution in [0.2, 0.25) is 0 Å². The fourth-order valence-corrected chi connectivity index (χ4v) is 2.48. The molecule has 1 fully saturated rings. The van der Waals surface area contributed by atoms with Gasteiger partial charge >= 0.3 is 0 Å². The Morgan fingerprint density at radius 1 is 0.929 bits per heavy atom. The quantitative estimate of drug-likeness (QED) is 0.611. The SMILES string of the molecule is CC(C=O)C1CCCCCCCCC1. The number of carbonyl (C=O) groups excluding carboxylic acids is 1. The largest absolute Gasteiger partial charge is 0.303 e. The molecule has 0 amide bonds. The molecule has 1 saturated carbocycles. The minimum absolute atomic E-state index is 0.287. The third-order valence-electron chi connectivity index (χ3n) is 3.61. The number of carbonyl (C=O) groups is 1. The molecule has 1 unspecified atom stereocenters. The van der Waals surface area contributed by atoms with Crippen LogP contribution >= 0.6 is 0 Å². The maximum atomic E-state index is 10.8. The van der Waals surface area contributed by atoms with Gasteiger partial charge in [0.15, 0.2) is 0 Å². The van der Waals surface area contributed by atoms with Gasteiger partial charge in [-0.1, -0.05) is 51.9 Å². The van der Waals surface area contributed by atoms with Crippen molar-refractivity contribution in [2.75, 3.05) is 0 Å². The second kappa shape index (κ2) is 7.03. The zero-order valence-corrected chi connectivity index (χ0v) is 9.50. The lowest BCUT2D eigenvalue weighted by Crippen LogP contribution is -2.13. The summed E-state index contributed by atoms with van der Waals surface area (Å²) in [5, 5.41) is 0. The Morgan fingerprint density at radius 2 is 1.36 bits per heavy atom.